The van der Waals surface area contributed by atoms with Gasteiger partial charge in [-0.15, -0.1) is 0 Å². The van der Waals surface area contributed by atoms with E-state index >= 15 is 0 Å². The van der Waals surface area contributed by atoms with E-state index in [4.69, 9.17) is 10.5 Å². The molecule has 1 amide bonds. The van der Waals surface area contributed by atoms with Crippen molar-refractivity contribution in [1.82, 2.24) is 10.3 Å². The van der Waals surface area contributed by atoms with Gasteiger partial charge in [0, 0.05) is 25.2 Å². The summed E-state index contributed by atoms with van der Waals surface area (Å²) in [5, 5.41) is 13.6. The summed E-state index contributed by atoms with van der Waals surface area (Å²) in [4.78, 5) is 18.2. The molecule has 1 aromatic rings. The van der Waals surface area contributed by atoms with Crippen molar-refractivity contribution in [2.45, 2.75) is 51.9 Å². The first-order valence-electron chi connectivity index (χ1n) is 8.17. The number of rotatable bonds is 2. The van der Waals surface area contributed by atoms with Crippen LogP contribution in [0.3, 0.4) is 0 Å². The Morgan fingerprint density at radius 1 is 1.50 bits per heavy atom. The van der Waals surface area contributed by atoms with Crippen molar-refractivity contribution in [3.05, 3.63) is 18.5 Å². The lowest BCUT2D eigenvalue weighted by atomic mass is 9.79. The summed E-state index contributed by atoms with van der Waals surface area (Å²) >= 11 is 0. The van der Waals surface area contributed by atoms with Crippen LogP contribution < -0.4 is 16.0 Å². The zero-order chi connectivity index (χ0) is 18.1. The van der Waals surface area contributed by atoms with Crippen LogP contribution in [-0.2, 0) is 4.74 Å². The second-order valence-corrected chi connectivity index (χ2v) is 7.67. The maximum absolute atomic E-state index is 12.1. The van der Waals surface area contributed by atoms with Crippen LogP contribution in [0.2, 0.25) is 0 Å². The molecule has 1 fully saturated rings. The van der Waals surface area contributed by atoms with Gasteiger partial charge in [-0.1, -0.05) is 6.92 Å². The number of piperidine rings is 1. The quantitative estimate of drug-likeness (QED) is 0.761. The first kappa shape index (κ1) is 18.3. The average Bonchev–Trinajstić information content (AvgIpc) is 2.42. The van der Waals surface area contributed by atoms with Gasteiger partial charge in [0.15, 0.2) is 0 Å². The third-order valence-corrected chi connectivity index (χ3v) is 4.46. The highest BCUT2D eigenvalue weighted by atomic mass is 16.6. The van der Waals surface area contributed by atoms with Gasteiger partial charge in [-0.25, -0.2) is 4.79 Å². The minimum Gasteiger partial charge on any atom is -0.444 e. The molecule has 2 heterocycles. The zero-order valence-corrected chi connectivity index (χ0v) is 15.0. The third kappa shape index (κ3) is 4.08. The number of alkyl carbamates (subject to hydrolysis) is 1. The molecule has 134 valence electrons. The van der Waals surface area contributed by atoms with E-state index in [1.807, 2.05) is 13.0 Å². The van der Waals surface area contributed by atoms with E-state index in [1.165, 1.54) is 0 Å². The van der Waals surface area contributed by atoms with Gasteiger partial charge < -0.3 is 25.8 Å². The van der Waals surface area contributed by atoms with Crippen LogP contribution in [0, 0.1) is 5.92 Å². The lowest BCUT2D eigenvalue weighted by Crippen LogP contribution is -2.65. The SMILES string of the molecule is C[C@H]1CN(c2ccncc2N)CC(NC(=O)OC(C)(C)C)C1(C)O. The number of aromatic nitrogens is 1. The Morgan fingerprint density at radius 2 is 2.17 bits per heavy atom. The van der Waals surface area contributed by atoms with Crippen molar-refractivity contribution < 1.29 is 14.6 Å². The monoisotopic (exact) mass is 336 g/mol. The number of nitrogen functional groups attached to an aromatic ring is 1. The van der Waals surface area contributed by atoms with E-state index in [2.05, 4.69) is 15.2 Å². The van der Waals surface area contributed by atoms with Gasteiger partial charge in [0.2, 0.25) is 0 Å². The zero-order valence-electron chi connectivity index (χ0n) is 15.0. The topological polar surface area (TPSA) is 101 Å². The fourth-order valence-corrected chi connectivity index (χ4v) is 2.86. The molecule has 0 saturated carbocycles. The van der Waals surface area contributed by atoms with Crippen molar-refractivity contribution >= 4 is 17.5 Å². The number of hydrogen-bond donors (Lipinski definition) is 3. The number of hydrogen-bond acceptors (Lipinski definition) is 6. The van der Waals surface area contributed by atoms with E-state index in [1.54, 1.807) is 40.1 Å². The molecule has 0 radical (unpaired) electrons. The van der Waals surface area contributed by atoms with Gasteiger partial charge in [-0.2, -0.15) is 0 Å². The number of anilines is 2. The average molecular weight is 336 g/mol. The number of carbonyl (C=O) groups excluding carboxylic acids is 1. The van der Waals surface area contributed by atoms with E-state index in [0.717, 1.165) is 5.69 Å². The van der Waals surface area contributed by atoms with Crippen molar-refractivity contribution in [3.8, 4) is 0 Å². The number of carbonyl (C=O) groups is 1. The summed E-state index contributed by atoms with van der Waals surface area (Å²) in [5.41, 5.74) is 5.80. The maximum atomic E-state index is 12.1. The minimum atomic E-state index is -1.05. The molecule has 4 N–H and O–H groups in total. The maximum Gasteiger partial charge on any atom is 0.408 e. The fourth-order valence-electron chi connectivity index (χ4n) is 2.86. The summed E-state index contributed by atoms with van der Waals surface area (Å²) in [6.07, 6.45) is 2.74. The molecule has 0 bridgehead atoms. The summed E-state index contributed by atoms with van der Waals surface area (Å²) in [6, 6.07) is 1.36. The number of aliphatic hydroxyl groups is 1. The van der Waals surface area contributed by atoms with Crippen molar-refractivity contribution in [1.29, 1.82) is 0 Å². The molecule has 7 nitrogen and oxygen atoms in total. The summed E-state index contributed by atoms with van der Waals surface area (Å²) in [6.45, 7) is 10.2. The van der Waals surface area contributed by atoms with Gasteiger partial charge in [0.25, 0.3) is 0 Å². The van der Waals surface area contributed by atoms with Gasteiger partial charge in [-0.05, 0) is 33.8 Å². The van der Waals surface area contributed by atoms with Crippen LogP contribution in [0.15, 0.2) is 18.5 Å². The van der Waals surface area contributed by atoms with Crippen LogP contribution >= 0.6 is 0 Å². The van der Waals surface area contributed by atoms with E-state index in [-0.39, 0.29) is 5.92 Å². The lowest BCUT2D eigenvalue weighted by Gasteiger charge is -2.48. The molecule has 1 aliphatic rings. The van der Waals surface area contributed by atoms with Crippen molar-refractivity contribution in [2.75, 3.05) is 23.7 Å². The van der Waals surface area contributed by atoms with Gasteiger partial charge in [-0.3, -0.25) is 4.98 Å². The second kappa shape index (κ2) is 6.47. The van der Waals surface area contributed by atoms with Gasteiger partial charge in [0.1, 0.15) is 5.60 Å². The highest BCUT2D eigenvalue weighted by Gasteiger charge is 2.44. The van der Waals surface area contributed by atoms with Crippen LogP contribution in [-0.4, -0.2) is 46.5 Å². The van der Waals surface area contributed by atoms with Crippen LogP contribution in [0.5, 0.6) is 0 Å². The Labute approximate surface area is 143 Å². The van der Waals surface area contributed by atoms with Crippen molar-refractivity contribution in [2.24, 2.45) is 5.92 Å². The molecule has 1 saturated heterocycles. The third-order valence-electron chi connectivity index (χ3n) is 4.46. The molecular weight excluding hydrogens is 308 g/mol. The first-order valence-corrected chi connectivity index (χ1v) is 8.17. The number of amides is 1. The minimum absolute atomic E-state index is 0.0706. The molecule has 3 atom stereocenters. The molecule has 0 aliphatic carbocycles. The summed E-state index contributed by atoms with van der Waals surface area (Å²) in [7, 11) is 0. The molecule has 7 heteroatoms. The predicted molar refractivity (Wildman–Crippen MR) is 93.8 cm³/mol. The Kier molecular flexibility index (Phi) is 4.94. The van der Waals surface area contributed by atoms with E-state index in [9.17, 15) is 9.90 Å². The lowest BCUT2D eigenvalue weighted by molar-refractivity contribution is -0.0405. The Hall–Kier alpha value is -2.02. The second-order valence-electron chi connectivity index (χ2n) is 7.67. The normalized spacial score (nSPS) is 27.7. The summed E-state index contributed by atoms with van der Waals surface area (Å²) < 4.78 is 5.32. The number of pyridine rings is 1. The van der Waals surface area contributed by atoms with Crippen LogP contribution in [0.1, 0.15) is 34.6 Å². The van der Waals surface area contributed by atoms with Crippen LogP contribution in [0.25, 0.3) is 0 Å². The summed E-state index contributed by atoms with van der Waals surface area (Å²) in [5.74, 6) is -0.0706. The smallest absolute Gasteiger partial charge is 0.408 e. The highest BCUT2D eigenvalue weighted by Crippen LogP contribution is 2.33. The standard InChI is InChI=1S/C17H28N4O3/c1-11-9-21(13-6-7-19-8-12(13)18)10-14(17(11,5)23)20-15(22)24-16(2,3)4/h6-8,11,14,23H,9-10,18H2,1-5H3,(H,20,22)/t11-,14?,17?/m0/s1. The molecule has 1 aliphatic heterocycles. The first-order chi connectivity index (χ1) is 11.0. The van der Waals surface area contributed by atoms with Gasteiger partial charge >= 0.3 is 6.09 Å². The molecule has 0 spiro atoms. The predicted octanol–water partition coefficient (Wildman–Crippen LogP) is 1.76. The number of nitrogens with two attached hydrogens (primary N) is 1. The molecule has 0 aromatic carbocycles. The van der Waals surface area contributed by atoms with E-state index < -0.39 is 23.3 Å². The Bertz CT molecular complexity index is 598. The largest absolute Gasteiger partial charge is 0.444 e. The fraction of sp³-hybridized carbons (Fsp3) is 0.647. The molecule has 24 heavy (non-hydrogen) atoms. The van der Waals surface area contributed by atoms with Crippen molar-refractivity contribution in [3.63, 3.8) is 0 Å². The molecule has 2 rings (SSSR count). The van der Waals surface area contributed by atoms with E-state index in [0.29, 0.717) is 18.8 Å². The highest BCUT2D eigenvalue weighted by molar-refractivity contribution is 5.69. The number of nitrogens with one attached hydrogen (secondary N) is 1. The Balaban J connectivity index is 2.18. The molecule has 1 aromatic heterocycles. The Morgan fingerprint density at radius 3 is 2.75 bits per heavy atom. The molecular formula is C17H28N4O3. The van der Waals surface area contributed by atoms with Crippen LogP contribution in [0.4, 0.5) is 16.2 Å². The van der Waals surface area contributed by atoms with Gasteiger partial charge in [0.05, 0.1) is 29.2 Å². The number of ether oxygens (including phenoxy) is 1. The number of nitrogens with zero attached hydrogens (tertiary/aromatic N) is 2. The molecule has 2 unspecified atom stereocenters.